The third-order valence-electron chi connectivity index (χ3n) is 5.26. The van der Waals surface area contributed by atoms with Crippen molar-refractivity contribution in [2.75, 3.05) is 13.1 Å². The Hall–Kier alpha value is -1.92. The van der Waals surface area contributed by atoms with Crippen molar-refractivity contribution < 1.29 is 14.1 Å². The summed E-state index contributed by atoms with van der Waals surface area (Å²) < 4.78 is 5.31. The third-order valence-corrected chi connectivity index (χ3v) is 5.26. The molecule has 0 N–H and O–H groups in total. The van der Waals surface area contributed by atoms with Crippen molar-refractivity contribution in [2.45, 2.75) is 77.3 Å². The molecule has 0 saturated carbocycles. The highest BCUT2D eigenvalue weighted by molar-refractivity contribution is 5.79. The molecule has 2 fully saturated rings. The molecule has 0 radical (unpaired) electrons. The lowest BCUT2D eigenvalue weighted by Gasteiger charge is -2.36. The van der Waals surface area contributed by atoms with Crippen molar-refractivity contribution in [1.82, 2.24) is 19.9 Å². The van der Waals surface area contributed by atoms with Gasteiger partial charge in [-0.25, -0.2) is 0 Å². The fourth-order valence-electron chi connectivity index (χ4n) is 3.90. The quantitative estimate of drug-likeness (QED) is 0.836. The average Bonchev–Trinajstić information content (AvgIpc) is 3.24. The summed E-state index contributed by atoms with van der Waals surface area (Å²) in [5.74, 6) is 1.57. The van der Waals surface area contributed by atoms with E-state index in [1.165, 1.54) is 0 Å². The van der Waals surface area contributed by atoms with Crippen LogP contribution in [0, 0.1) is 0 Å². The number of rotatable bonds is 4. The Kier molecular flexibility index (Phi) is 5.39. The number of carbonyl (C=O) groups excluding carboxylic acids is 2. The molecule has 2 aliphatic heterocycles. The van der Waals surface area contributed by atoms with Gasteiger partial charge in [-0.3, -0.25) is 9.59 Å². The van der Waals surface area contributed by atoms with E-state index in [4.69, 9.17) is 4.52 Å². The van der Waals surface area contributed by atoms with Crippen molar-refractivity contribution in [2.24, 2.45) is 0 Å². The van der Waals surface area contributed by atoms with Crippen LogP contribution < -0.4 is 0 Å². The molecule has 2 saturated heterocycles. The van der Waals surface area contributed by atoms with E-state index in [1.54, 1.807) is 6.92 Å². The third kappa shape index (κ3) is 3.85. The van der Waals surface area contributed by atoms with Crippen LogP contribution in [0.2, 0.25) is 0 Å². The van der Waals surface area contributed by atoms with E-state index in [9.17, 15) is 9.59 Å². The maximum Gasteiger partial charge on any atom is 0.229 e. The summed E-state index contributed by atoms with van der Waals surface area (Å²) in [6.07, 6.45) is 5.21. The van der Waals surface area contributed by atoms with E-state index in [1.807, 2.05) is 23.6 Å². The Morgan fingerprint density at radius 2 is 1.92 bits per heavy atom. The molecular weight excluding hydrogens is 320 g/mol. The van der Waals surface area contributed by atoms with E-state index in [0.29, 0.717) is 18.1 Å². The van der Waals surface area contributed by atoms with E-state index in [0.717, 1.165) is 45.2 Å². The van der Waals surface area contributed by atoms with Gasteiger partial charge in [-0.2, -0.15) is 4.98 Å². The molecule has 7 heteroatoms. The SMILES string of the molecule is CC(=O)N1CCCC[C@@H]1CC(=O)N1CCC[C@H]1c1noc(C(C)C)n1. The number of likely N-dealkylation sites (tertiary alicyclic amines) is 2. The molecule has 0 aromatic carbocycles. The maximum absolute atomic E-state index is 12.9. The Labute approximate surface area is 148 Å². The molecule has 0 aliphatic carbocycles. The summed E-state index contributed by atoms with van der Waals surface area (Å²) in [6, 6.07) is -0.0744. The number of aromatic nitrogens is 2. The molecule has 0 unspecified atom stereocenters. The lowest BCUT2D eigenvalue weighted by atomic mass is 9.98. The minimum atomic E-state index is -0.0990. The van der Waals surface area contributed by atoms with Gasteiger partial charge < -0.3 is 14.3 Å². The van der Waals surface area contributed by atoms with Gasteiger partial charge in [0.05, 0.1) is 6.04 Å². The number of hydrogen-bond donors (Lipinski definition) is 0. The summed E-state index contributed by atoms with van der Waals surface area (Å²) in [4.78, 5) is 33.0. The molecule has 0 spiro atoms. The summed E-state index contributed by atoms with van der Waals surface area (Å²) in [7, 11) is 0. The van der Waals surface area contributed by atoms with Crippen LogP contribution in [0.4, 0.5) is 0 Å². The lowest BCUT2D eigenvalue weighted by Crippen LogP contribution is -2.45. The average molecular weight is 348 g/mol. The zero-order chi connectivity index (χ0) is 18.0. The Bertz CT molecular complexity index is 628. The van der Waals surface area contributed by atoms with Gasteiger partial charge >= 0.3 is 0 Å². The molecule has 2 amide bonds. The van der Waals surface area contributed by atoms with E-state index in [-0.39, 0.29) is 29.8 Å². The summed E-state index contributed by atoms with van der Waals surface area (Å²) in [5.41, 5.74) is 0. The highest BCUT2D eigenvalue weighted by atomic mass is 16.5. The lowest BCUT2D eigenvalue weighted by molar-refractivity contribution is -0.137. The fraction of sp³-hybridized carbons (Fsp3) is 0.778. The van der Waals surface area contributed by atoms with Crippen LogP contribution in [0.5, 0.6) is 0 Å². The maximum atomic E-state index is 12.9. The number of nitrogens with zero attached hydrogens (tertiary/aromatic N) is 4. The predicted molar refractivity (Wildman–Crippen MR) is 91.7 cm³/mol. The number of carbonyl (C=O) groups is 2. The highest BCUT2D eigenvalue weighted by Gasteiger charge is 2.36. The summed E-state index contributed by atoms with van der Waals surface area (Å²) >= 11 is 0. The smallest absolute Gasteiger partial charge is 0.229 e. The first-order chi connectivity index (χ1) is 12.0. The first kappa shape index (κ1) is 17.9. The van der Waals surface area contributed by atoms with Crippen molar-refractivity contribution in [1.29, 1.82) is 0 Å². The van der Waals surface area contributed by atoms with Crippen LogP contribution in [-0.4, -0.2) is 50.9 Å². The second-order valence-electron chi connectivity index (χ2n) is 7.46. The molecule has 25 heavy (non-hydrogen) atoms. The Morgan fingerprint density at radius 1 is 1.16 bits per heavy atom. The van der Waals surface area contributed by atoms with Crippen LogP contribution in [0.15, 0.2) is 4.52 Å². The predicted octanol–water partition coefficient (Wildman–Crippen LogP) is 2.65. The zero-order valence-electron chi connectivity index (χ0n) is 15.4. The summed E-state index contributed by atoms with van der Waals surface area (Å²) in [6.45, 7) is 7.10. The molecule has 2 aliphatic rings. The van der Waals surface area contributed by atoms with Gasteiger partial charge in [-0.1, -0.05) is 19.0 Å². The van der Waals surface area contributed by atoms with Crippen molar-refractivity contribution >= 4 is 11.8 Å². The van der Waals surface area contributed by atoms with E-state index < -0.39 is 0 Å². The zero-order valence-corrected chi connectivity index (χ0v) is 15.4. The van der Waals surface area contributed by atoms with Gasteiger partial charge in [0.2, 0.25) is 17.7 Å². The highest BCUT2D eigenvalue weighted by Crippen LogP contribution is 2.32. The van der Waals surface area contributed by atoms with Gasteiger partial charge in [0.15, 0.2) is 5.82 Å². The monoisotopic (exact) mass is 348 g/mol. The number of amides is 2. The summed E-state index contributed by atoms with van der Waals surface area (Å²) in [5, 5.41) is 4.10. The molecular formula is C18H28N4O3. The molecule has 1 aromatic rings. The first-order valence-electron chi connectivity index (χ1n) is 9.37. The van der Waals surface area contributed by atoms with Crippen LogP contribution in [0.3, 0.4) is 0 Å². The molecule has 1 aromatic heterocycles. The first-order valence-corrected chi connectivity index (χ1v) is 9.37. The van der Waals surface area contributed by atoms with Gasteiger partial charge in [-0.15, -0.1) is 0 Å². The van der Waals surface area contributed by atoms with Crippen molar-refractivity contribution in [3.63, 3.8) is 0 Å². The van der Waals surface area contributed by atoms with E-state index in [2.05, 4.69) is 10.1 Å². The number of piperidine rings is 1. The molecule has 0 bridgehead atoms. The van der Waals surface area contributed by atoms with Crippen LogP contribution in [-0.2, 0) is 9.59 Å². The largest absolute Gasteiger partial charge is 0.339 e. The second-order valence-corrected chi connectivity index (χ2v) is 7.46. The molecule has 138 valence electrons. The van der Waals surface area contributed by atoms with E-state index >= 15 is 0 Å². The second kappa shape index (κ2) is 7.54. The van der Waals surface area contributed by atoms with Gasteiger partial charge in [0, 0.05) is 38.4 Å². The van der Waals surface area contributed by atoms with Crippen LogP contribution >= 0.6 is 0 Å². The van der Waals surface area contributed by atoms with Crippen molar-refractivity contribution in [3.05, 3.63) is 11.7 Å². The number of hydrogen-bond acceptors (Lipinski definition) is 5. The Morgan fingerprint density at radius 3 is 2.60 bits per heavy atom. The Balaban J connectivity index is 1.68. The minimum absolute atomic E-state index is 0.0245. The van der Waals surface area contributed by atoms with Crippen LogP contribution in [0.25, 0.3) is 0 Å². The molecule has 3 rings (SSSR count). The van der Waals surface area contributed by atoms with Gasteiger partial charge in [-0.05, 0) is 32.1 Å². The normalized spacial score (nSPS) is 24.2. The molecule has 2 atom stereocenters. The topological polar surface area (TPSA) is 79.5 Å². The van der Waals surface area contributed by atoms with Crippen LogP contribution in [0.1, 0.15) is 83.0 Å². The van der Waals surface area contributed by atoms with Gasteiger partial charge in [0.25, 0.3) is 0 Å². The standard InChI is InChI=1S/C18H28N4O3/c1-12(2)18-19-17(20-25-18)15-8-6-10-22(15)16(24)11-14-7-4-5-9-21(14)13(3)23/h12,14-15H,4-11H2,1-3H3/t14-,15+/m1/s1. The minimum Gasteiger partial charge on any atom is -0.339 e. The fourth-order valence-corrected chi connectivity index (χ4v) is 3.90. The van der Waals surface area contributed by atoms with Crippen molar-refractivity contribution in [3.8, 4) is 0 Å². The molecule has 3 heterocycles. The van der Waals surface area contributed by atoms with Gasteiger partial charge in [0.1, 0.15) is 0 Å². The molecule has 7 nitrogen and oxygen atoms in total.